The predicted octanol–water partition coefficient (Wildman–Crippen LogP) is 7.29. The number of benzene rings is 2. The number of carboxylic acid groups (broad SMARTS) is 1. The summed E-state index contributed by atoms with van der Waals surface area (Å²) < 4.78 is 20.5. The summed E-state index contributed by atoms with van der Waals surface area (Å²) in [5.41, 5.74) is 4.07. The lowest BCUT2D eigenvalue weighted by Gasteiger charge is -2.41. The molecule has 2 aromatic heterocycles. The number of ether oxygens (including phenoxy) is 3. The molecule has 5 heterocycles. The zero-order valence-corrected chi connectivity index (χ0v) is 27.1. The third-order valence-electron chi connectivity index (χ3n) is 8.32. The second kappa shape index (κ2) is 12.1. The van der Waals surface area contributed by atoms with E-state index in [-0.39, 0.29) is 5.60 Å². The highest BCUT2D eigenvalue weighted by atomic mass is 35.5. The van der Waals surface area contributed by atoms with E-state index < -0.39 is 17.7 Å². The zero-order chi connectivity index (χ0) is 31.9. The van der Waals surface area contributed by atoms with Crippen LogP contribution in [0.4, 0.5) is 5.82 Å². The fourth-order valence-electron chi connectivity index (χ4n) is 6.01. The van der Waals surface area contributed by atoms with Crippen molar-refractivity contribution in [3.8, 4) is 28.1 Å². The van der Waals surface area contributed by atoms with Gasteiger partial charge in [-0.3, -0.25) is 0 Å². The van der Waals surface area contributed by atoms with Gasteiger partial charge in [-0.05, 0) is 83.4 Å². The van der Waals surface area contributed by atoms with Crippen LogP contribution < -0.4 is 9.64 Å². The van der Waals surface area contributed by atoms with Crippen LogP contribution in [-0.2, 0) is 14.3 Å². The maximum absolute atomic E-state index is 12.8. The van der Waals surface area contributed by atoms with Gasteiger partial charge in [-0.2, -0.15) is 9.61 Å². The maximum Gasteiger partial charge on any atom is 0.337 e. The van der Waals surface area contributed by atoms with Crippen molar-refractivity contribution in [3.63, 3.8) is 0 Å². The second-order valence-electron chi connectivity index (χ2n) is 12.9. The summed E-state index contributed by atoms with van der Waals surface area (Å²) in [6.45, 7) is 11.7. The van der Waals surface area contributed by atoms with Crippen molar-refractivity contribution < 1.29 is 24.1 Å². The molecule has 9 nitrogen and oxygen atoms in total. The van der Waals surface area contributed by atoms with Gasteiger partial charge in [0.15, 0.2) is 11.8 Å². The monoisotopic (exact) mass is 630 g/mol. The number of piperidine rings is 1. The topological polar surface area (TPSA) is 98.4 Å². The molecule has 1 saturated heterocycles. The van der Waals surface area contributed by atoms with Gasteiger partial charge >= 0.3 is 5.97 Å². The van der Waals surface area contributed by atoms with Gasteiger partial charge in [-0.1, -0.05) is 35.9 Å². The number of carboxylic acids is 1. The van der Waals surface area contributed by atoms with E-state index in [1.807, 2.05) is 82.3 Å². The fraction of sp³-hybridized carbons (Fsp3) is 0.400. The number of hydrogen-bond acceptors (Lipinski definition) is 7. The Kier molecular flexibility index (Phi) is 8.37. The van der Waals surface area contributed by atoms with Gasteiger partial charge in [0.2, 0.25) is 0 Å². The van der Waals surface area contributed by atoms with Gasteiger partial charge in [-0.15, -0.1) is 0 Å². The Morgan fingerprint density at radius 3 is 2.53 bits per heavy atom. The number of fused-ring (bicyclic) bond motifs is 6. The quantitative estimate of drug-likeness (QED) is 0.236. The molecule has 1 N–H and O–H groups in total. The van der Waals surface area contributed by atoms with E-state index in [1.165, 1.54) is 0 Å². The normalized spacial score (nSPS) is 18.0. The Hall–Kier alpha value is -3.92. The van der Waals surface area contributed by atoms with Crippen LogP contribution in [0.5, 0.6) is 5.75 Å². The molecule has 3 aliphatic heterocycles. The van der Waals surface area contributed by atoms with Crippen LogP contribution in [0.15, 0.2) is 60.7 Å². The molecule has 6 bridgehead atoms. The molecule has 2 aromatic carbocycles. The molecule has 3 aliphatic rings. The SMILES string of the molecule is Cc1nc2cc3nn2c(c1[C@H](OC(C)(C)C)C(=O)O)N1CCC(C)(CC1)OC/C=C\COc1ccc(Cl)cc1-c1cccc-3c1. The van der Waals surface area contributed by atoms with Gasteiger partial charge in [0.25, 0.3) is 0 Å². The third-order valence-corrected chi connectivity index (χ3v) is 8.56. The van der Waals surface area contributed by atoms with Crippen LogP contribution in [0, 0.1) is 6.92 Å². The molecule has 7 rings (SSSR count). The Morgan fingerprint density at radius 2 is 1.80 bits per heavy atom. The van der Waals surface area contributed by atoms with E-state index in [2.05, 4.69) is 17.9 Å². The van der Waals surface area contributed by atoms with Crippen molar-refractivity contribution in [2.75, 3.05) is 31.2 Å². The standard InChI is InChI=1S/C35H39ClN4O5/c1-22-30(31(33(41)42)45-34(2,3)4)32-39-15-13-35(5,14-16-39)44-18-7-6-17-43-28-12-11-25(36)20-26(28)23-9-8-10-24(19-23)27-21-29(37-22)40(32)38-27/h6-12,19-21,31H,13-18H2,1-5H3,(H,41,42)/b7-6-/t31-/m0/s1. The minimum Gasteiger partial charge on any atom is -0.489 e. The van der Waals surface area contributed by atoms with Gasteiger partial charge < -0.3 is 24.2 Å². The van der Waals surface area contributed by atoms with Crippen molar-refractivity contribution in [1.29, 1.82) is 0 Å². The highest BCUT2D eigenvalue weighted by Crippen LogP contribution is 2.39. The van der Waals surface area contributed by atoms with Crippen molar-refractivity contribution in [3.05, 3.63) is 77.0 Å². The summed E-state index contributed by atoms with van der Waals surface area (Å²) in [6, 6.07) is 15.6. The lowest BCUT2D eigenvalue weighted by Crippen LogP contribution is -2.45. The van der Waals surface area contributed by atoms with Crippen molar-refractivity contribution >= 4 is 29.0 Å². The second-order valence-corrected chi connectivity index (χ2v) is 13.4. The third kappa shape index (κ3) is 6.57. The maximum atomic E-state index is 12.8. The summed E-state index contributed by atoms with van der Waals surface area (Å²) in [5.74, 6) is 0.329. The number of carbonyl (C=O) groups is 1. The molecule has 10 heteroatoms. The van der Waals surface area contributed by atoms with E-state index in [0.717, 1.165) is 35.3 Å². The molecule has 0 aliphatic carbocycles. The smallest absolute Gasteiger partial charge is 0.337 e. The van der Waals surface area contributed by atoms with Crippen LogP contribution in [0.3, 0.4) is 0 Å². The summed E-state index contributed by atoms with van der Waals surface area (Å²) in [4.78, 5) is 19.8. The predicted molar refractivity (Wildman–Crippen MR) is 175 cm³/mol. The molecule has 236 valence electrons. The number of aliphatic carboxylic acids is 1. The summed E-state index contributed by atoms with van der Waals surface area (Å²) in [6.07, 6.45) is 4.23. The van der Waals surface area contributed by atoms with E-state index in [0.29, 0.717) is 59.7 Å². The highest BCUT2D eigenvalue weighted by Gasteiger charge is 2.37. The average Bonchev–Trinajstić information content (AvgIpc) is 3.41. The Bertz CT molecular complexity index is 1770. The lowest BCUT2D eigenvalue weighted by atomic mass is 9.92. The molecule has 0 spiro atoms. The minimum absolute atomic E-state index is 0.335. The number of nitrogens with zero attached hydrogens (tertiary/aromatic N) is 4. The Balaban J connectivity index is 1.56. The number of halogens is 1. The molecular weight excluding hydrogens is 592 g/mol. The first-order valence-electron chi connectivity index (χ1n) is 15.3. The number of hydrogen-bond donors (Lipinski definition) is 1. The Morgan fingerprint density at radius 1 is 1.07 bits per heavy atom. The van der Waals surface area contributed by atoms with Crippen molar-refractivity contribution in [1.82, 2.24) is 14.6 Å². The van der Waals surface area contributed by atoms with Gasteiger partial charge in [0.05, 0.1) is 29.1 Å². The molecule has 0 amide bonds. The molecule has 0 saturated carbocycles. The van der Waals surface area contributed by atoms with Gasteiger partial charge in [0.1, 0.15) is 18.2 Å². The first-order chi connectivity index (χ1) is 21.4. The first kappa shape index (κ1) is 31.1. The highest BCUT2D eigenvalue weighted by molar-refractivity contribution is 6.31. The van der Waals surface area contributed by atoms with E-state index in [4.69, 9.17) is 35.9 Å². The minimum atomic E-state index is -1.23. The lowest BCUT2D eigenvalue weighted by molar-refractivity contribution is -0.160. The van der Waals surface area contributed by atoms with Crippen LogP contribution in [0.1, 0.15) is 57.9 Å². The molecule has 45 heavy (non-hydrogen) atoms. The van der Waals surface area contributed by atoms with Crippen molar-refractivity contribution in [2.45, 2.75) is 64.8 Å². The molecule has 1 fully saturated rings. The number of rotatable bonds is 3. The molecule has 0 unspecified atom stereocenters. The van der Waals surface area contributed by atoms with E-state index in [1.54, 1.807) is 4.52 Å². The largest absolute Gasteiger partial charge is 0.489 e. The number of anilines is 1. The molecule has 1 atom stereocenters. The van der Waals surface area contributed by atoms with Crippen LogP contribution >= 0.6 is 11.6 Å². The van der Waals surface area contributed by atoms with E-state index >= 15 is 0 Å². The first-order valence-corrected chi connectivity index (χ1v) is 15.7. The summed E-state index contributed by atoms with van der Waals surface area (Å²) >= 11 is 6.43. The Labute approximate surface area is 268 Å². The van der Waals surface area contributed by atoms with Crippen LogP contribution in [-0.4, -0.2) is 63.2 Å². The van der Waals surface area contributed by atoms with E-state index in [9.17, 15) is 9.90 Å². The average molecular weight is 631 g/mol. The van der Waals surface area contributed by atoms with Gasteiger partial charge in [0, 0.05) is 41.0 Å². The molecule has 0 radical (unpaired) electrons. The molecular formula is C35H39ClN4O5. The van der Waals surface area contributed by atoms with Gasteiger partial charge in [-0.25, -0.2) is 9.78 Å². The number of aromatic nitrogens is 3. The molecule has 4 aromatic rings. The fourth-order valence-corrected chi connectivity index (χ4v) is 6.18. The summed E-state index contributed by atoms with van der Waals surface area (Å²) in [7, 11) is 0. The van der Waals surface area contributed by atoms with Crippen LogP contribution in [0.2, 0.25) is 5.02 Å². The zero-order valence-electron chi connectivity index (χ0n) is 26.3. The summed E-state index contributed by atoms with van der Waals surface area (Å²) in [5, 5.41) is 16.1. The van der Waals surface area contributed by atoms with Crippen LogP contribution in [0.25, 0.3) is 28.0 Å². The number of aryl methyl sites for hydroxylation is 1. The van der Waals surface area contributed by atoms with Crippen molar-refractivity contribution in [2.24, 2.45) is 0 Å².